The van der Waals surface area contributed by atoms with E-state index in [1.807, 2.05) is 12.1 Å². The molecule has 2 aromatic rings. The zero-order valence-corrected chi connectivity index (χ0v) is 22.2. The van der Waals surface area contributed by atoms with Crippen LogP contribution >= 0.6 is 0 Å². The molecule has 2 saturated carbocycles. The Labute approximate surface area is 223 Å². The van der Waals surface area contributed by atoms with Gasteiger partial charge >= 0.3 is 0 Å². The van der Waals surface area contributed by atoms with Crippen molar-refractivity contribution in [2.45, 2.75) is 89.9 Å². The molecular weight excluding hydrogens is 481 g/mol. The lowest BCUT2D eigenvalue weighted by Crippen LogP contribution is -2.44. The van der Waals surface area contributed by atoms with Gasteiger partial charge in [0.2, 0.25) is 5.91 Å². The Morgan fingerprint density at radius 2 is 2.08 bits per heavy atom. The van der Waals surface area contributed by atoms with Gasteiger partial charge in [0.15, 0.2) is 0 Å². The largest absolute Gasteiger partial charge is 0.411 e. The predicted octanol–water partition coefficient (Wildman–Crippen LogP) is 6.11. The molecule has 0 spiro atoms. The zero-order valence-electron chi connectivity index (χ0n) is 22.2. The number of pyridine rings is 1. The molecule has 38 heavy (non-hydrogen) atoms. The summed E-state index contributed by atoms with van der Waals surface area (Å²) in [6, 6.07) is 7.37. The molecule has 4 aliphatic carbocycles. The Morgan fingerprint density at radius 1 is 1.24 bits per heavy atom. The highest BCUT2D eigenvalue weighted by molar-refractivity contribution is 5.92. The van der Waals surface area contributed by atoms with Crippen LogP contribution in [0, 0.1) is 29.0 Å². The van der Waals surface area contributed by atoms with Crippen molar-refractivity contribution in [2.24, 2.45) is 28.3 Å². The minimum Gasteiger partial charge on any atom is -0.411 e. The number of hydrogen-bond donors (Lipinski definition) is 3. The molecule has 6 nitrogen and oxygen atoms in total. The van der Waals surface area contributed by atoms with Gasteiger partial charge in [-0.2, -0.15) is 0 Å². The molecule has 4 aliphatic rings. The minimum atomic E-state index is -0.225. The van der Waals surface area contributed by atoms with Crippen molar-refractivity contribution in [1.29, 1.82) is 0 Å². The summed E-state index contributed by atoms with van der Waals surface area (Å²) in [6.45, 7) is 2.25. The van der Waals surface area contributed by atoms with E-state index in [1.54, 1.807) is 6.07 Å². The lowest BCUT2D eigenvalue weighted by Gasteiger charge is -2.50. The van der Waals surface area contributed by atoms with Crippen LogP contribution in [0.5, 0.6) is 0 Å². The topological polar surface area (TPSA) is 94.5 Å². The molecule has 1 heterocycles. The van der Waals surface area contributed by atoms with Crippen molar-refractivity contribution < 1.29 is 14.4 Å². The van der Waals surface area contributed by atoms with Gasteiger partial charge in [0, 0.05) is 17.5 Å². The van der Waals surface area contributed by atoms with Gasteiger partial charge in [-0.25, -0.2) is 4.39 Å². The Balaban J connectivity index is 1.14. The SMILES string of the molecule is C[C@]12CCC3c4cccc(F)c4CCC3C1[C@H](CCCC(=O)Nc1cc3c([nH]c1=O)CCCC3)C/C2=N\O. The second-order valence-electron chi connectivity index (χ2n) is 12.3. The molecule has 7 heteroatoms. The van der Waals surface area contributed by atoms with Crippen LogP contribution in [0.2, 0.25) is 0 Å². The summed E-state index contributed by atoms with van der Waals surface area (Å²) in [7, 11) is 0. The summed E-state index contributed by atoms with van der Waals surface area (Å²) in [4.78, 5) is 28.2. The van der Waals surface area contributed by atoms with Gasteiger partial charge < -0.3 is 15.5 Å². The van der Waals surface area contributed by atoms with Crippen molar-refractivity contribution in [3.05, 3.63) is 62.8 Å². The molecule has 6 rings (SSSR count). The number of oxime groups is 1. The van der Waals surface area contributed by atoms with E-state index in [4.69, 9.17) is 0 Å². The third-order valence-electron chi connectivity index (χ3n) is 10.3. The number of nitrogens with one attached hydrogen (secondary N) is 2. The normalized spacial score (nSPS) is 30.7. The van der Waals surface area contributed by atoms with E-state index < -0.39 is 0 Å². The van der Waals surface area contributed by atoms with Crippen LogP contribution in [0.25, 0.3) is 0 Å². The molecule has 0 saturated heterocycles. The number of aryl methyl sites for hydroxylation is 2. The van der Waals surface area contributed by atoms with Gasteiger partial charge in [-0.1, -0.05) is 24.2 Å². The Morgan fingerprint density at radius 3 is 2.92 bits per heavy atom. The second kappa shape index (κ2) is 9.97. The number of amides is 1. The van der Waals surface area contributed by atoms with Crippen LogP contribution in [0.15, 0.2) is 34.2 Å². The van der Waals surface area contributed by atoms with Crippen LogP contribution in [-0.2, 0) is 24.1 Å². The highest BCUT2D eigenvalue weighted by Crippen LogP contribution is 2.62. The fourth-order valence-electron chi connectivity index (χ4n) is 8.58. The molecule has 0 aliphatic heterocycles. The molecule has 2 fully saturated rings. The summed E-state index contributed by atoms with van der Waals surface area (Å²) in [6.07, 6.45) is 10.3. The van der Waals surface area contributed by atoms with Crippen LogP contribution in [-0.4, -0.2) is 21.8 Å². The van der Waals surface area contributed by atoms with E-state index in [2.05, 4.69) is 28.4 Å². The van der Waals surface area contributed by atoms with Crippen molar-refractivity contribution in [2.75, 3.05) is 5.32 Å². The maximum absolute atomic E-state index is 14.6. The molecule has 3 N–H and O–H groups in total. The highest BCUT2D eigenvalue weighted by atomic mass is 19.1. The number of H-pyrrole nitrogens is 1. The van der Waals surface area contributed by atoms with Crippen LogP contribution in [0.1, 0.15) is 93.0 Å². The summed E-state index contributed by atoms with van der Waals surface area (Å²) in [5.74, 6) is 1.23. The summed E-state index contributed by atoms with van der Waals surface area (Å²) in [5.41, 5.74) is 5.06. The van der Waals surface area contributed by atoms with Crippen molar-refractivity contribution >= 4 is 17.3 Å². The number of benzene rings is 1. The monoisotopic (exact) mass is 519 g/mol. The first-order chi connectivity index (χ1) is 18.4. The number of hydrogen-bond acceptors (Lipinski definition) is 4. The number of nitrogens with zero attached hydrogens (tertiary/aromatic N) is 1. The molecule has 1 aromatic carbocycles. The molecular formula is C31H38FN3O3. The van der Waals surface area contributed by atoms with Crippen LogP contribution in [0.3, 0.4) is 0 Å². The molecule has 202 valence electrons. The molecule has 1 amide bonds. The number of anilines is 1. The molecule has 0 radical (unpaired) electrons. The second-order valence-corrected chi connectivity index (χ2v) is 12.3. The molecule has 5 atom stereocenters. The third-order valence-corrected chi connectivity index (χ3v) is 10.3. The summed E-state index contributed by atoms with van der Waals surface area (Å²) < 4.78 is 14.6. The maximum Gasteiger partial charge on any atom is 0.271 e. The number of fused-ring (bicyclic) bond motifs is 6. The van der Waals surface area contributed by atoms with Gasteiger partial charge in [0.05, 0.1) is 5.71 Å². The van der Waals surface area contributed by atoms with Crippen molar-refractivity contribution in [3.63, 3.8) is 0 Å². The van der Waals surface area contributed by atoms with Crippen LogP contribution < -0.4 is 10.9 Å². The number of aromatic nitrogens is 1. The first-order valence-corrected chi connectivity index (χ1v) is 14.4. The van der Waals surface area contributed by atoms with E-state index in [1.165, 1.54) is 5.56 Å². The van der Waals surface area contributed by atoms with Gasteiger partial charge in [-0.15, -0.1) is 0 Å². The number of carbonyl (C=O) groups is 1. The van der Waals surface area contributed by atoms with Gasteiger partial charge in [-0.05, 0) is 123 Å². The first-order valence-electron chi connectivity index (χ1n) is 14.4. The first kappa shape index (κ1) is 25.3. The van der Waals surface area contributed by atoms with Crippen molar-refractivity contribution in [1.82, 2.24) is 4.98 Å². The Bertz CT molecular complexity index is 1330. The van der Waals surface area contributed by atoms with Gasteiger partial charge in [0.1, 0.15) is 11.5 Å². The average molecular weight is 520 g/mol. The zero-order chi connectivity index (χ0) is 26.4. The number of aromatic amines is 1. The molecule has 3 unspecified atom stereocenters. The van der Waals surface area contributed by atoms with Gasteiger partial charge in [0.25, 0.3) is 5.56 Å². The Hall–Kier alpha value is -2.96. The number of halogens is 1. The predicted molar refractivity (Wildman–Crippen MR) is 145 cm³/mol. The Kier molecular flexibility index (Phi) is 6.65. The number of carbonyl (C=O) groups excluding carboxylic acids is 1. The highest BCUT2D eigenvalue weighted by Gasteiger charge is 2.57. The quantitative estimate of drug-likeness (QED) is 0.328. The molecule has 0 bridgehead atoms. The van der Waals surface area contributed by atoms with Crippen LogP contribution in [0.4, 0.5) is 10.1 Å². The standard InChI is InChI=1S/C31H38FN3O3/c1-31-15-14-21-20-8-5-9-24(32)22(20)12-13-23(21)29(31)19(17-27(31)35-38)7-4-11-28(36)33-26-16-18-6-2-3-10-25(18)34-30(26)37/h5,8-9,16,19,21,23,29,38H,2-4,6-7,10-15,17H2,1H3,(H,33,36)(H,34,37)/b35-27+/t19-,21?,23?,29?,31-/m1/s1. The lowest BCUT2D eigenvalue weighted by atomic mass is 9.54. The smallest absolute Gasteiger partial charge is 0.271 e. The fraction of sp³-hybridized carbons (Fsp3) is 0.581. The fourth-order valence-corrected chi connectivity index (χ4v) is 8.58. The van der Waals surface area contributed by atoms with E-state index in [0.717, 1.165) is 86.7 Å². The van der Waals surface area contributed by atoms with Gasteiger partial charge in [-0.3, -0.25) is 9.59 Å². The van der Waals surface area contributed by atoms with Crippen molar-refractivity contribution in [3.8, 4) is 0 Å². The maximum atomic E-state index is 14.6. The van der Waals surface area contributed by atoms with E-state index in [0.29, 0.717) is 42.2 Å². The number of rotatable bonds is 5. The lowest BCUT2D eigenvalue weighted by molar-refractivity contribution is -0.116. The third kappa shape index (κ3) is 4.28. The van der Waals surface area contributed by atoms with E-state index >= 15 is 0 Å². The summed E-state index contributed by atoms with van der Waals surface area (Å²) in [5, 5.41) is 16.5. The van der Waals surface area contributed by atoms with E-state index in [-0.39, 0.29) is 22.7 Å². The summed E-state index contributed by atoms with van der Waals surface area (Å²) >= 11 is 0. The minimum absolute atomic E-state index is 0.0846. The average Bonchev–Trinajstić information content (AvgIpc) is 3.20. The van der Waals surface area contributed by atoms with E-state index in [9.17, 15) is 19.2 Å². The molecule has 1 aromatic heterocycles.